The standard InChI is InChI=1S/C14H18N2O3S/c1-8-7-11(17)14(15-13(8)18)19-16-10-3-2-4-12-9(10)5-6-20-12/h5-6,8,11,14,17H,2-4,7H2,1H3,(H,15,18)/b16-10+. The number of nitrogens with one attached hydrogen (secondary N) is 1. The number of piperidine rings is 1. The Balaban J connectivity index is 1.71. The van der Waals surface area contributed by atoms with E-state index in [9.17, 15) is 9.90 Å². The van der Waals surface area contributed by atoms with Crippen LogP contribution in [0.15, 0.2) is 16.6 Å². The maximum atomic E-state index is 11.6. The van der Waals surface area contributed by atoms with Gasteiger partial charge in [-0.2, -0.15) is 0 Å². The van der Waals surface area contributed by atoms with Crippen LogP contribution in [0.5, 0.6) is 0 Å². The molecule has 2 N–H and O–H groups in total. The van der Waals surface area contributed by atoms with Gasteiger partial charge in [-0.15, -0.1) is 11.3 Å². The first-order valence-corrected chi connectivity index (χ1v) is 7.81. The van der Waals surface area contributed by atoms with E-state index in [-0.39, 0.29) is 11.8 Å². The van der Waals surface area contributed by atoms with Crippen LogP contribution in [0.3, 0.4) is 0 Å². The van der Waals surface area contributed by atoms with Crippen molar-refractivity contribution in [3.63, 3.8) is 0 Å². The first-order valence-electron chi connectivity index (χ1n) is 6.93. The van der Waals surface area contributed by atoms with Gasteiger partial charge < -0.3 is 15.3 Å². The molecule has 6 heteroatoms. The van der Waals surface area contributed by atoms with E-state index >= 15 is 0 Å². The van der Waals surface area contributed by atoms with E-state index in [1.807, 2.05) is 0 Å². The number of hydrogen-bond donors (Lipinski definition) is 2. The van der Waals surface area contributed by atoms with E-state index in [1.54, 1.807) is 18.3 Å². The van der Waals surface area contributed by atoms with Crippen molar-refractivity contribution in [1.29, 1.82) is 0 Å². The lowest BCUT2D eigenvalue weighted by Crippen LogP contribution is -2.52. The van der Waals surface area contributed by atoms with Crippen LogP contribution < -0.4 is 5.32 Å². The molecule has 0 spiro atoms. The highest BCUT2D eigenvalue weighted by atomic mass is 32.1. The fraction of sp³-hybridized carbons (Fsp3) is 0.571. The first-order chi connectivity index (χ1) is 9.65. The summed E-state index contributed by atoms with van der Waals surface area (Å²) in [6, 6.07) is 2.05. The fourth-order valence-electron chi connectivity index (χ4n) is 2.63. The monoisotopic (exact) mass is 294 g/mol. The van der Waals surface area contributed by atoms with Crippen LogP contribution in [-0.2, 0) is 16.1 Å². The van der Waals surface area contributed by atoms with Gasteiger partial charge in [0.1, 0.15) is 6.10 Å². The molecule has 3 rings (SSSR count). The minimum Gasteiger partial charge on any atom is -0.387 e. The van der Waals surface area contributed by atoms with Gasteiger partial charge in [0, 0.05) is 16.4 Å². The first kappa shape index (κ1) is 13.6. The number of thiophene rings is 1. The van der Waals surface area contributed by atoms with Crippen LogP contribution in [0.2, 0.25) is 0 Å². The lowest BCUT2D eigenvalue weighted by molar-refractivity contribution is -0.144. The van der Waals surface area contributed by atoms with Gasteiger partial charge in [-0.05, 0) is 37.1 Å². The number of rotatable bonds is 2. The third-order valence-electron chi connectivity index (χ3n) is 3.83. The molecule has 1 amide bonds. The third-order valence-corrected chi connectivity index (χ3v) is 4.81. The summed E-state index contributed by atoms with van der Waals surface area (Å²) in [5.41, 5.74) is 2.05. The summed E-state index contributed by atoms with van der Waals surface area (Å²) in [4.78, 5) is 18.3. The molecule has 3 atom stereocenters. The number of fused-ring (bicyclic) bond motifs is 1. The van der Waals surface area contributed by atoms with Gasteiger partial charge in [0.25, 0.3) is 0 Å². The quantitative estimate of drug-likeness (QED) is 0.815. The Morgan fingerprint density at radius 3 is 3.20 bits per heavy atom. The van der Waals surface area contributed by atoms with Crippen molar-refractivity contribution in [1.82, 2.24) is 5.32 Å². The van der Waals surface area contributed by atoms with Gasteiger partial charge >= 0.3 is 0 Å². The number of carbonyl (C=O) groups excluding carboxylic acids is 1. The summed E-state index contributed by atoms with van der Waals surface area (Å²) in [7, 11) is 0. The predicted molar refractivity (Wildman–Crippen MR) is 76.6 cm³/mol. The normalized spacial score (nSPS) is 31.8. The minimum absolute atomic E-state index is 0.0969. The minimum atomic E-state index is -0.741. The van der Waals surface area contributed by atoms with E-state index < -0.39 is 12.3 Å². The molecule has 3 unspecified atom stereocenters. The summed E-state index contributed by atoms with van der Waals surface area (Å²) in [5, 5.41) is 18.8. The van der Waals surface area contributed by atoms with Gasteiger partial charge in [0.05, 0.1) is 5.71 Å². The van der Waals surface area contributed by atoms with E-state index in [4.69, 9.17) is 4.84 Å². The lowest BCUT2D eigenvalue weighted by Gasteiger charge is -2.30. The summed E-state index contributed by atoms with van der Waals surface area (Å²) in [6.45, 7) is 1.79. The molecule has 1 aliphatic carbocycles. The summed E-state index contributed by atoms with van der Waals surface area (Å²) < 4.78 is 0. The Morgan fingerprint density at radius 1 is 1.50 bits per heavy atom. The Morgan fingerprint density at radius 2 is 2.35 bits per heavy atom. The summed E-state index contributed by atoms with van der Waals surface area (Å²) in [5.74, 6) is -0.281. The Labute approximate surface area is 121 Å². The molecule has 0 saturated carbocycles. The lowest BCUT2D eigenvalue weighted by atomic mass is 9.97. The number of aryl methyl sites for hydroxylation is 1. The molecule has 0 radical (unpaired) electrons. The highest BCUT2D eigenvalue weighted by molar-refractivity contribution is 7.10. The topological polar surface area (TPSA) is 70.9 Å². The van der Waals surface area contributed by atoms with Crippen LogP contribution >= 0.6 is 11.3 Å². The van der Waals surface area contributed by atoms with Crippen molar-refractivity contribution >= 4 is 23.0 Å². The van der Waals surface area contributed by atoms with Crippen molar-refractivity contribution in [2.75, 3.05) is 0 Å². The van der Waals surface area contributed by atoms with E-state index in [2.05, 4.69) is 21.9 Å². The molecule has 1 aromatic heterocycles. The Hall–Kier alpha value is -1.40. The molecule has 0 aromatic carbocycles. The van der Waals surface area contributed by atoms with Crippen LogP contribution in [0, 0.1) is 5.92 Å². The number of carbonyl (C=O) groups is 1. The summed E-state index contributed by atoms with van der Waals surface area (Å²) in [6.07, 6.45) is 1.98. The zero-order valence-corrected chi connectivity index (χ0v) is 12.2. The number of nitrogens with zero attached hydrogens (tertiary/aromatic N) is 1. The number of aliphatic hydroxyl groups excluding tert-OH is 1. The zero-order valence-electron chi connectivity index (χ0n) is 11.3. The van der Waals surface area contributed by atoms with E-state index in [0.29, 0.717) is 6.42 Å². The smallest absolute Gasteiger partial charge is 0.225 e. The van der Waals surface area contributed by atoms with Gasteiger partial charge in [0.15, 0.2) is 0 Å². The average Bonchev–Trinajstić information content (AvgIpc) is 2.90. The SMILES string of the molecule is CC1CC(O)C(O/N=C2\CCCc3sccc32)NC1=O. The molecule has 1 aliphatic heterocycles. The van der Waals surface area contributed by atoms with Crippen LogP contribution in [0.4, 0.5) is 0 Å². The van der Waals surface area contributed by atoms with Crippen LogP contribution in [0.1, 0.15) is 36.6 Å². The number of amides is 1. The molecule has 0 bridgehead atoms. The van der Waals surface area contributed by atoms with E-state index in [0.717, 1.165) is 30.5 Å². The maximum Gasteiger partial charge on any atom is 0.225 e. The van der Waals surface area contributed by atoms with Crippen LogP contribution in [0.25, 0.3) is 0 Å². The summed E-state index contributed by atoms with van der Waals surface area (Å²) >= 11 is 1.74. The Kier molecular flexibility index (Phi) is 3.76. The molecular formula is C14H18N2O3S. The van der Waals surface area contributed by atoms with Crippen molar-refractivity contribution in [2.24, 2.45) is 11.1 Å². The van der Waals surface area contributed by atoms with Crippen molar-refractivity contribution in [2.45, 2.75) is 44.9 Å². The molecule has 108 valence electrons. The number of hydrogen-bond acceptors (Lipinski definition) is 5. The van der Waals surface area contributed by atoms with E-state index in [1.165, 1.54) is 4.88 Å². The number of oxime groups is 1. The highest BCUT2D eigenvalue weighted by Crippen LogP contribution is 2.27. The fourth-order valence-corrected chi connectivity index (χ4v) is 3.57. The van der Waals surface area contributed by atoms with Crippen molar-refractivity contribution < 1.29 is 14.7 Å². The molecule has 1 aromatic rings. The molecule has 1 saturated heterocycles. The molecular weight excluding hydrogens is 276 g/mol. The van der Waals surface area contributed by atoms with Crippen LogP contribution in [-0.4, -0.2) is 29.1 Å². The molecule has 1 fully saturated rings. The maximum absolute atomic E-state index is 11.6. The predicted octanol–water partition coefficient (Wildman–Crippen LogP) is 1.65. The highest BCUT2D eigenvalue weighted by Gasteiger charge is 2.33. The molecule has 5 nitrogen and oxygen atoms in total. The van der Waals surface area contributed by atoms with Gasteiger partial charge in [-0.3, -0.25) is 4.79 Å². The molecule has 2 heterocycles. The second-order valence-corrected chi connectivity index (χ2v) is 6.39. The molecule has 20 heavy (non-hydrogen) atoms. The number of aliphatic hydroxyl groups is 1. The second kappa shape index (κ2) is 5.54. The largest absolute Gasteiger partial charge is 0.387 e. The Bertz CT molecular complexity index is 540. The van der Waals surface area contributed by atoms with Gasteiger partial charge in [-0.25, -0.2) is 0 Å². The third kappa shape index (κ3) is 2.58. The second-order valence-electron chi connectivity index (χ2n) is 5.39. The van der Waals surface area contributed by atoms with Crippen molar-refractivity contribution in [3.8, 4) is 0 Å². The zero-order chi connectivity index (χ0) is 14.1. The average molecular weight is 294 g/mol. The van der Waals surface area contributed by atoms with Gasteiger partial charge in [0.2, 0.25) is 12.1 Å². The van der Waals surface area contributed by atoms with Gasteiger partial charge in [-0.1, -0.05) is 12.1 Å². The molecule has 2 aliphatic rings. The van der Waals surface area contributed by atoms with Crippen molar-refractivity contribution in [3.05, 3.63) is 21.9 Å².